The third-order valence-corrected chi connectivity index (χ3v) is 5.30. The molecule has 3 N–H and O–H groups in total. The van der Waals surface area contributed by atoms with Crippen LogP contribution in [0.1, 0.15) is 16.9 Å². The molecular weight excluding hydrogens is 390 g/mol. The lowest BCUT2D eigenvalue weighted by Crippen LogP contribution is -2.21. The number of benzene rings is 2. The molecule has 4 rings (SSSR count). The van der Waals surface area contributed by atoms with E-state index in [-0.39, 0.29) is 12.0 Å². The molecule has 1 saturated heterocycles. The number of halogens is 1. The SMILES string of the molecule is COc1cc(NC(=O)c2cc(-c3ccc(Cl)cc3)c[nH]2)ccc1N1CCC(O)C1. The van der Waals surface area contributed by atoms with Crippen LogP contribution in [0.25, 0.3) is 11.1 Å². The van der Waals surface area contributed by atoms with Crippen molar-refractivity contribution in [2.45, 2.75) is 12.5 Å². The molecule has 150 valence electrons. The van der Waals surface area contributed by atoms with Crippen molar-refractivity contribution < 1.29 is 14.6 Å². The van der Waals surface area contributed by atoms with E-state index in [4.69, 9.17) is 16.3 Å². The Kier molecular flexibility index (Phi) is 5.47. The summed E-state index contributed by atoms with van der Waals surface area (Å²) in [5.74, 6) is 0.418. The number of hydrogen-bond acceptors (Lipinski definition) is 4. The Morgan fingerprint density at radius 1 is 1.21 bits per heavy atom. The highest BCUT2D eigenvalue weighted by Crippen LogP contribution is 2.33. The number of aromatic nitrogens is 1. The van der Waals surface area contributed by atoms with E-state index in [1.54, 1.807) is 25.4 Å². The zero-order valence-electron chi connectivity index (χ0n) is 16.0. The molecule has 6 nitrogen and oxygen atoms in total. The highest BCUT2D eigenvalue weighted by molar-refractivity contribution is 6.30. The monoisotopic (exact) mass is 411 g/mol. The van der Waals surface area contributed by atoms with Gasteiger partial charge in [-0.25, -0.2) is 0 Å². The second-order valence-electron chi connectivity index (χ2n) is 7.04. The molecule has 3 aromatic rings. The van der Waals surface area contributed by atoms with Gasteiger partial charge in [-0.2, -0.15) is 0 Å². The number of hydrogen-bond donors (Lipinski definition) is 3. The summed E-state index contributed by atoms with van der Waals surface area (Å²) in [7, 11) is 1.60. The van der Waals surface area contributed by atoms with Gasteiger partial charge in [0.05, 0.1) is 18.9 Å². The van der Waals surface area contributed by atoms with Crippen LogP contribution < -0.4 is 15.0 Å². The predicted octanol–water partition coefficient (Wildman–Crippen LogP) is 4.17. The van der Waals surface area contributed by atoms with Gasteiger partial charge in [0.25, 0.3) is 5.91 Å². The maximum atomic E-state index is 12.6. The van der Waals surface area contributed by atoms with Crippen molar-refractivity contribution in [1.82, 2.24) is 4.98 Å². The lowest BCUT2D eigenvalue weighted by Gasteiger charge is -2.21. The molecule has 0 aliphatic carbocycles. The minimum atomic E-state index is -0.318. The van der Waals surface area contributed by atoms with Crippen LogP contribution in [0, 0.1) is 0 Å². The molecule has 0 bridgehead atoms. The van der Waals surface area contributed by atoms with Crippen LogP contribution >= 0.6 is 11.6 Å². The second kappa shape index (κ2) is 8.19. The third-order valence-electron chi connectivity index (χ3n) is 5.05. The Labute approximate surface area is 174 Å². The number of amides is 1. The van der Waals surface area contributed by atoms with Crippen LogP contribution in [-0.2, 0) is 0 Å². The Bertz CT molecular complexity index is 1020. The van der Waals surface area contributed by atoms with E-state index in [2.05, 4.69) is 15.2 Å². The van der Waals surface area contributed by atoms with Gasteiger partial charge in [-0.1, -0.05) is 23.7 Å². The van der Waals surface area contributed by atoms with Gasteiger partial charge < -0.3 is 25.0 Å². The van der Waals surface area contributed by atoms with E-state index in [1.807, 2.05) is 36.4 Å². The summed E-state index contributed by atoms with van der Waals surface area (Å²) in [6, 6.07) is 14.8. The Morgan fingerprint density at radius 3 is 2.69 bits per heavy atom. The smallest absolute Gasteiger partial charge is 0.272 e. The van der Waals surface area contributed by atoms with Crippen molar-refractivity contribution in [3.8, 4) is 16.9 Å². The molecule has 1 atom stereocenters. The minimum Gasteiger partial charge on any atom is -0.495 e. The maximum Gasteiger partial charge on any atom is 0.272 e. The zero-order valence-corrected chi connectivity index (χ0v) is 16.7. The first-order valence-corrected chi connectivity index (χ1v) is 9.78. The highest BCUT2D eigenvalue weighted by Gasteiger charge is 2.23. The van der Waals surface area contributed by atoms with Crippen LogP contribution in [0.3, 0.4) is 0 Å². The molecule has 2 heterocycles. The molecule has 1 aliphatic rings. The van der Waals surface area contributed by atoms with Gasteiger partial charge in [0.1, 0.15) is 11.4 Å². The van der Waals surface area contributed by atoms with Gasteiger partial charge in [0.15, 0.2) is 0 Å². The lowest BCUT2D eigenvalue weighted by molar-refractivity contribution is 0.102. The number of β-amino-alcohol motifs (C(OH)–C–C–N with tert-alkyl or cyclic N) is 1. The van der Waals surface area contributed by atoms with Crippen LogP contribution in [0.2, 0.25) is 5.02 Å². The normalized spacial score (nSPS) is 16.1. The molecule has 1 aliphatic heterocycles. The maximum absolute atomic E-state index is 12.6. The van der Waals surface area contributed by atoms with Gasteiger partial charge in [0, 0.05) is 36.1 Å². The summed E-state index contributed by atoms with van der Waals surface area (Å²) in [5, 5.41) is 13.3. The Hall–Kier alpha value is -2.96. The number of nitrogens with one attached hydrogen (secondary N) is 2. The molecule has 0 spiro atoms. The van der Waals surface area contributed by atoms with Crippen molar-refractivity contribution in [2.24, 2.45) is 0 Å². The van der Waals surface area contributed by atoms with Crippen molar-refractivity contribution in [1.29, 1.82) is 0 Å². The molecular formula is C22H22ClN3O3. The van der Waals surface area contributed by atoms with Crippen molar-refractivity contribution in [2.75, 3.05) is 30.4 Å². The Morgan fingerprint density at radius 2 is 2.00 bits per heavy atom. The molecule has 2 aromatic carbocycles. The average molecular weight is 412 g/mol. The van der Waals surface area contributed by atoms with E-state index >= 15 is 0 Å². The second-order valence-corrected chi connectivity index (χ2v) is 7.47. The number of aromatic amines is 1. The number of carbonyl (C=O) groups is 1. The number of aliphatic hydroxyl groups excluding tert-OH is 1. The summed E-state index contributed by atoms with van der Waals surface area (Å²) >= 11 is 5.93. The summed E-state index contributed by atoms with van der Waals surface area (Å²) < 4.78 is 5.50. The lowest BCUT2D eigenvalue weighted by atomic mass is 10.1. The summed E-state index contributed by atoms with van der Waals surface area (Å²) in [6.07, 6.45) is 2.21. The molecule has 0 radical (unpaired) electrons. The standard InChI is InChI=1S/C22H22ClN3O3/c1-29-21-11-17(6-7-20(21)26-9-8-18(27)13-26)25-22(28)19-10-15(12-24-19)14-2-4-16(23)5-3-14/h2-7,10-12,18,24,27H,8-9,13H2,1H3,(H,25,28). The number of anilines is 2. The number of carbonyl (C=O) groups excluding carboxylic acids is 1. The van der Waals surface area contributed by atoms with Gasteiger partial charge in [-0.3, -0.25) is 4.79 Å². The number of H-pyrrole nitrogens is 1. The highest BCUT2D eigenvalue weighted by atomic mass is 35.5. The summed E-state index contributed by atoms with van der Waals surface area (Å²) in [4.78, 5) is 17.7. The molecule has 1 fully saturated rings. The van der Waals surface area contributed by atoms with Crippen molar-refractivity contribution in [3.05, 3.63) is 65.4 Å². The fourth-order valence-electron chi connectivity index (χ4n) is 3.51. The number of rotatable bonds is 5. The van der Waals surface area contributed by atoms with E-state index in [9.17, 15) is 9.90 Å². The first-order valence-electron chi connectivity index (χ1n) is 9.40. The first kappa shape index (κ1) is 19.4. The van der Waals surface area contributed by atoms with E-state index in [0.29, 0.717) is 28.7 Å². The average Bonchev–Trinajstić information content (AvgIpc) is 3.38. The van der Waals surface area contributed by atoms with E-state index in [0.717, 1.165) is 29.8 Å². The molecule has 1 unspecified atom stereocenters. The topological polar surface area (TPSA) is 77.6 Å². The quantitative estimate of drug-likeness (QED) is 0.589. The fourth-order valence-corrected chi connectivity index (χ4v) is 3.64. The van der Waals surface area contributed by atoms with Crippen LogP contribution in [0.5, 0.6) is 5.75 Å². The molecule has 0 saturated carbocycles. The minimum absolute atomic E-state index is 0.239. The van der Waals surface area contributed by atoms with E-state index in [1.165, 1.54) is 0 Å². The van der Waals surface area contributed by atoms with Gasteiger partial charge in [-0.05, 0) is 47.9 Å². The predicted molar refractivity (Wildman–Crippen MR) is 115 cm³/mol. The molecule has 29 heavy (non-hydrogen) atoms. The summed E-state index contributed by atoms with van der Waals surface area (Å²) in [5.41, 5.74) is 3.89. The molecule has 7 heteroatoms. The van der Waals surface area contributed by atoms with Gasteiger partial charge in [-0.15, -0.1) is 0 Å². The zero-order chi connectivity index (χ0) is 20.4. The van der Waals surface area contributed by atoms with Gasteiger partial charge >= 0.3 is 0 Å². The van der Waals surface area contributed by atoms with Crippen molar-refractivity contribution >= 4 is 28.9 Å². The molecule has 1 aromatic heterocycles. The Balaban J connectivity index is 1.49. The van der Waals surface area contributed by atoms with Crippen molar-refractivity contribution in [3.63, 3.8) is 0 Å². The largest absolute Gasteiger partial charge is 0.495 e. The van der Waals surface area contributed by atoms with Crippen LogP contribution in [0.4, 0.5) is 11.4 Å². The summed E-state index contributed by atoms with van der Waals surface area (Å²) in [6.45, 7) is 1.36. The number of methoxy groups -OCH3 is 1. The van der Waals surface area contributed by atoms with Crippen LogP contribution in [-0.4, -0.2) is 42.3 Å². The number of nitrogens with zero attached hydrogens (tertiary/aromatic N) is 1. The first-order chi connectivity index (χ1) is 14.0. The number of aliphatic hydroxyl groups is 1. The fraction of sp³-hybridized carbons (Fsp3) is 0.227. The molecule has 1 amide bonds. The van der Waals surface area contributed by atoms with Gasteiger partial charge in [0.2, 0.25) is 0 Å². The number of ether oxygens (including phenoxy) is 1. The van der Waals surface area contributed by atoms with Crippen LogP contribution in [0.15, 0.2) is 54.7 Å². The third kappa shape index (κ3) is 4.23. The van der Waals surface area contributed by atoms with E-state index < -0.39 is 0 Å².